The first-order chi connectivity index (χ1) is 12.8. The van der Waals surface area contributed by atoms with Crippen molar-refractivity contribution >= 4 is 23.1 Å². The molecular weight excluding hydrogens is 346 g/mol. The summed E-state index contributed by atoms with van der Waals surface area (Å²) in [7, 11) is 3.81. The molecule has 27 heavy (non-hydrogen) atoms. The monoisotopic (exact) mass is 365 g/mol. The number of aromatic nitrogens is 2. The minimum Gasteiger partial charge on any atom is -0.378 e. The molecule has 0 radical (unpaired) electrons. The fourth-order valence-corrected chi connectivity index (χ4v) is 2.61. The number of non-ortho nitro benzene ring substituents is 1. The highest BCUT2D eigenvalue weighted by Gasteiger charge is 2.14. The van der Waals surface area contributed by atoms with E-state index in [9.17, 15) is 14.9 Å². The molecule has 0 aliphatic carbocycles. The van der Waals surface area contributed by atoms with Crippen LogP contribution in [0.2, 0.25) is 0 Å². The number of nitrogens with one attached hydrogen (secondary N) is 1. The number of amides is 1. The maximum Gasteiger partial charge on any atom is 0.269 e. The van der Waals surface area contributed by atoms with Gasteiger partial charge in [-0.05, 0) is 37.3 Å². The highest BCUT2D eigenvalue weighted by Crippen LogP contribution is 2.21. The van der Waals surface area contributed by atoms with Crippen LogP contribution in [0, 0.1) is 17.0 Å². The minimum absolute atomic E-state index is 0.00582. The molecule has 0 aliphatic rings. The van der Waals surface area contributed by atoms with Crippen molar-refractivity contribution in [3.63, 3.8) is 0 Å². The highest BCUT2D eigenvalue weighted by atomic mass is 16.6. The molecule has 138 valence electrons. The van der Waals surface area contributed by atoms with E-state index in [4.69, 9.17) is 0 Å². The summed E-state index contributed by atoms with van der Waals surface area (Å²) >= 11 is 0. The number of nitro groups is 1. The fraction of sp³-hybridized carbons (Fsp3) is 0.158. The van der Waals surface area contributed by atoms with Gasteiger partial charge < -0.3 is 10.2 Å². The van der Waals surface area contributed by atoms with Gasteiger partial charge in [0.2, 0.25) is 0 Å². The largest absolute Gasteiger partial charge is 0.378 e. The normalized spacial score (nSPS) is 10.5. The summed E-state index contributed by atoms with van der Waals surface area (Å²) in [6.45, 7) is 1.81. The maximum atomic E-state index is 12.7. The second-order valence-electron chi connectivity index (χ2n) is 6.26. The van der Waals surface area contributed by atoms with E-state index >= 15 is 0 Å². The first kappa shape index (κ1) is 18.1. The van der Waals surface area contributed by atoms with Gasteiger partial charge in [-0.25, -0.2) is 4.68 Å². The zero-order valence-corrected chi connectivity index (χ0v) is 15.2. The van der Waals surface area contributed by atoms with Crippen LogP contribution in [0.3, 0.4) is 0 Å². The van der Waals surface area contributed by atoms with Crippen molar-refractivity contribution < 1.29 is 9.72 Å². The molecule has 0 unspecified atom stereocenters. The van der Waals surface area contributed by atoms with Crippen molar-refractivity contribution in [1.82, 2.24) is 9.78 Å². The van der Waals surface area contributed by atoms with Gasteiger partial charge in [-0.3, -0.25) is 14.9 Å². The number of carbonyl (C=O) groups excluding carboxylic acids is 1. The third kappa shape index (κ3) is 3.95. The van der Waals surface area contributed by atoms with E-state index in [1.807, 2.05) is 38.1 Å². The second-order valence-corrected chi connectivity index (χ2v) is 6.26. The Labute approximate surface area is 156 Å². The van der Waals surface area contributed by atoms with E-state index in [1.165, 1.54) is 12.1 Å². The number of aryl methyl sites for hydroxylation is 1. The number of carbonyl (C=O) groups is 1. The van der Waals surface area contributed by atoms with E-state index in [2.05, 4.69) is 10.4 Å². The lowest BCUT2D eigenvalue weighted by molar-refractivity contribution is -0.384. The van der Waals surface area contributed by atoms with Crippen LogP contribution in [0.5, 0.6) is 0 Å². The topological polar surface area (TPSA) is 93.3 Å². The van der Waals surface area contributed by atoms with Gasteiger partial charge in [-0.2, -0.15) is 5.10 Å². The highest BCUT2D eigenvalue weighted by molar-refractivity contribution is 6.04. The van der Waals surface area contributed by atoms with Gasteiger partial charge in [0.25, 0.3) is 11.6 Å². The number of nitro benzene ring substituents is 1. The lowest BCUT2D eigenvalue weighted by Gasteiger charge is -2.14. The van der Waals surface area contributed by atoms with Crippen LogP contribution in [0.1, 0.15) is 16.1 Å². The second kappa shape index (κ2) is 7.28. The average Bonchev–Trinajstić information content (AvgIpc) is 3.02. The van der Waals surface area contributed by atoms with Crippen molar-refractivity contribution in [2.24, 2.45) is 0 Å². The number of benzene rings is 2. The molecule has 8 heteroatoms. The van der Waals surface area contributed by atoms with Gasteiger partial charge in [-0.1, -0.05) is 6.07 Å². The quantitative estimate of drug-likeness (QED) is 0.552. The molecule has 1 heterocycles. The zero-order valence-electron chi connectivity index (χ0n) is 15.2. The summed E-state index contributed by atoms with van der Waals surface area (Å²) in [6.07, 6.45) is 0. The van der Waals surface area contributed by atoms with Gasteiger partial charge in [-0.15, -0.1) is 0 Å². The Morgan fingerprint density at radius 1 is 1.15 bits per heavy atom. The Morgan fingerprint density at radius 2 is 1.85 bits per heavy atom. The molecule has 1 amide bonds. The molecule has 3 rings (SSSR count). The number of hydrogen-bond donors (Lipinski definition) is 1. The van der Waals surface area contributed by atoms with E-state index in [0.717, 1.165) is 5.69 Å². The lowest BCUT2D eigenvalue weighted by Crippen LogP contribution is -2.16. The summed E-state index contributed by atoms with van der Waals surface area (Å²) in [5, 5.41) is 18.1. The van der Waals surface area contributed by atoms with Crippen LogP contribution in [0.25, 0.3) is 5.69 Å². The molecule has 8 nitrogen and oxygen atoms in total. The molecule has 0 fully saturated rings. The van der Waals surface area contributed by atoms with Crippen molar-refractivity contribution in [3.8, 4) is 5.69 Å². The van der Waals surface area contributed by atoms with Crippen molar-refractivity contribution in [3.05, 3.63) is 76.0 Å². The summed E-state index contributed by atoms with van der Waals surface area (Å²) in [6, 6.07) is 15.0. The number of hydrogen-bond acceptors (Lipinski definition) is 5. The number of nitrogens with zero attached hydrogens (tertiary/aromatic N) is 4. The van der Waals surface area contributed by atoms with E-state index in [0.29, 0.717) is 22.8 Å². The predicted octanol–water partition coefficient (Wildman–Crippen LogP) is 3.41. The van der Waals surface area contributed by atoms with Crippen LogP contribution in [-0.2, 0) is 0 Å². The predicted molar refractivity (Wildman–Crippen MR) is 104 cm³/mol. The van der Waals surface area contributed by atoms with Crippen LogP contribution in [-0.4, -0.2) is 34.7 Å². The molecule has 0 spiro atoms. The summed E-state index contributed by atoms with van der Waals surface area (Å²) < 4.78 is 1.55. The van der Waals surface area contributed by atoms with Gasteiger partial charge in [0.15, 0.2) is 0 Å². The third-order valence-corrected chi connectivity index (χ3v) is 4.00. The summed E-state index contributed by atoms with van der Waals surface area (Å²) in [5.74, 6) is 0.225. The molecular formula is C19H19N5O3. The number of anilines is 2. The Bertz CT molecular complexity index is 993. The third-order valence-electron chi connectivity index (χ3n) is 4.00. The molecule has 0 aliphatic heterocycles. The van der Waals surface area contributed by atoms with Crippen molar-refractivity contribution in [2.75, 3.05) is 24.3 Å². The van der Waals surface area contributed by atoms with Gasteiger partial charge >= 0.3 is 0 Å². The van der Waals surface area contributed by atoms with Crippen molar-refractivity contribution in [1.29, 1.82) is 0 Å². The zero-order chi connectivity index (χ0) is 19.6. The Balaban J connectivity index is 1.89. The summed E-state index contributed by atoms with van der Waals surface area (Å²) in [4.78, 5) is 24.9. The van der Waals surface area contributed by atoms with E-state index in [-0.39, 0.29) is 11.6 Å². The minimum atomic E-state index is -0.460. The maximum absolute atomic E-state index is 12.7. The molecule has 0 atom stereocenters. The Hall–Kier alpha value is -3.68. The smallest absolute Gasteiger partial charge is 0.269 e. The molecule has 0 bridgehead atoms. The van der Waals surface area contributed by atoms with Crippen LogP contribution >= 0.6 is 0 Å². The fourth-order valence-electron chi connectivity index (χ4n) is 2.61. The van der Waals surface area contributed by atoms with Gasteiger partial charge in [0, 0.05) is 43.5 Å². The molecule has 1 aromatic heterocycles. The van der Waals surface area contributed by atoms with Crippen LogP contribution in [0.4, 0.5) is 17.2 Å². The average molecular weight is 365 g/mol. The molecule has 1 N–H and O–H groups in total. The van der Waals surface area contributed by atoms with Crippen LogP contribution in [0.15, 0.2) is 54.6 Å². The SMILES string of the molecule is Cc1cc(NC(=O)c2cccc(N(C)C)c2)n(-c2ccc([N+](=O)[O-])cc2)n1. The standard InChI is InChI=1S/C19H19N5O3/c1-13-11-18(20-19(25)14-5-4-6-17(12-14)22(2)3)23(21-13)15-7-9-16(10-8-15)24(26)27/h4-12H,1-3H3,(H,20,25). The van der Waals surface area contributed by atoms with Gasteiger partial charge in [0.1, 0.15) is 5.82 Å². The first-order valence-electron chi connectivity index (χ1n) is 8.25. The van der Waals surface area contributed by atoms with Crippen molar-refractivity contribution in [2.45, 2.75) is 6.92 Å². The molecule has 3 aromatic rings. The van der Waals surface area contributed by atoms with Gasteiger partial charge in [0.05, 0.1) is 16.3 Å². The van der Waals surface area contributed by atoms with E-state index in [1.54, 1.807) is 35.0 Å². The van der Waals surface area contributed by atoms with Crippen LogP contribution < -0.4 is 10.2 Å². The Kier molecular flexibility index (Phi) is 4.89. The Morgan fingerprint density at radius 3 is 2.48 bits per heavy atom. The molecule has 2 aromatic carbocycles. The molecule has 0 saturated carbocycles. The first-order valence-corrected chi connectivity index (χ1v) is 8.25. The summed E-state index contributed by atoms with van der Waals surface area (Å²) in [5.41, 5.74) is 2.77. The number of rotatable bonds is 5. The van der Waals surface area contributed by atoms with E-state index < -0.39 is 4.92 Å². The lowest BCUT2D eigenvalue weighted by atomic mass is 10.2. The molecule has 0 saturated heterocycles.